The third kappa shape index (κ3) is 4.46. The number of amides is 1. The number of halogens is 1. The monoisotopic (exact) mass is 384 g/mol. The highest BCUT2D eigenvalue weighted by molar-refractivity contribution is 5.99. The molecule has 3 rings (SSSR count). The lowest BCUT2D eigenvalue weighted by molar-refractivity contribution is -0.140. The molecular formula is C20H21FN4O3. The van der Waals surface area contributed by atoms with Gasteiger partial charge in [-0.2, -0.15) is 0 Å². The number of imidazole rings is 1. The first kappa shape index (κ1) is 19.3. The number of esters is 1. The number of aromatic amines is 1. The number of H-pyrrole nitrogens is 1. The number of hydrogen-bond acceptors (Lipinski definition) is 5. The molecule has 0 unspecified atom stereocenters. The van der Waals surface area contributed by atoms with Gasteiger partial charge in [-0.3, -0.25) is 9.59 Å². The van der Waals surface area contributed by atoms with Crippen molar-refractivity contribution in [3.8, 4) is 0 Å². The van der Waals surface area contributed by atoms with Crippen molar-refractivity contribution in [2.24, 2.45) is 0 Å². The predicted octanol–water partition coefficient (Wildman–Crippen LogP) is 2.95. The smallest absolute Gasteiger partial charge is 0.325 e. The third-order valence-electron chi connectivity index (χ3n) is 4.11. The minimum Gasteiger partial charge on any atom is -0.465 e. The van der Waals surface area contributed by atoms with Crippen molar-refractivity contribution in [3.63, 3.8) is 0 Å². The first-order chi connectivity index (χ1) is 13.5. The van der Waals surface area contributed by atoms with E-state index in [0.29, 0.717) is 34.7 Å². The Balaban J connectivity index is 1.72. The summed E-state index contributed by atoms with van der Waals surface area (Å²) in [4.78, 5) is 33.3. The summed E-state index contributed by atoms with van der Waals surface area (Å²) >= 11 is 0. The first-order valence-corrected chi connectivity index (χ1v) is 8.86. The molecule has 2 aromatic carbocycles. The van der Waals surface area contributed by atoms with Crippen LogP contribution in [0.3, 0.4) is 0 Å². The summed E-state index contributed by atoms with van der Waals surface area (Å²) in [6.45, 7) is 2.22. The Hall–Kier alpha value is -3.42. The zero-order valence-electron chi connectivity index (χ0n) is 15.7. The average Bonchev–Trinajstić information content (AvgIpc) is 3.07. The first-order valence-electron chi connectivity index (χ1n) is 8.86. The summed E-state index contributed by atoms with van der Waals surface area (Å²) in [5.41, 5.74) is 2.18. The molecule has 28 heavy (non-hydrogen) atoms. The minimum absolute atomic E-state index is 0.0308. The van der Waals surface area contributed by atoms with E-state index >= 15 is 0 Å². The van der Waals surface area contributed by atoms with E-state index in [9.17, 15) is 14.0 Å². The van der Waals surface area contributed by atoms with E-state index in [-0.39, 0.29) is 24.8 Å². The fourth-order valence-corrected chi connectivity index (χ4v) is 2.81. The topological polar surface area (TPSA) is 87.3 Å². The number of aromatic nitrogens is 2. The molecule has 0 radical (unpaired) electrons. The van der Waals surface area contributed by atoms with Gasteiger partial charge in [0, 0.05) is 12.7 Å². The van der Waals surface area contributed by atoms with Gasteiger partial charge in [0.05, 0.1) is 29.7 Å². The summed E-state index contributed by atoms with van der Waals surface area (Å²) in [6.07, 6.45) is 0. The predicted molar refractivity (Wildman–Crippen MR) is 103 cm³/mol. The number of carbonyl (C=O) groups is 2. The van der Waals surface area contributed by atoms with E-state index in [1.165, 1.54) is 17.0 Å². The number of benzene rings is 2. The quantitative estimate of drug-likeness (QED) is 0.612. The van der Waals surface area contributed by atoms with Gasteiger partial charge >= 0.3 is 5.97 Å². The second-order valence-corrected chi connectivity index (χ2v) is 6.21. The average molecular weight is 384 g/mol. The van der Waals surface area contributed by atoms with Crippen LogP contribution in [0, 0.1) is 5.82 Å². The van der Waals surface area contributed by atoms with Crippen LogP contribution in [-0.4, -0.2) is 46.9 Å². The van der Waals surface area contributed by atoms with Crippen molar-refractivity contribution >= 4 is 28.6 Å². The molecule has 0 atom stereocenters. The molecule has 0 aliphatic carbocycles. The maximum Gasteiger partial charge on any atom is 0.325 e. The molecular weight excluding hydrogens is 363 g/mol. The van der Waals surface area contributed by atoms with Gasteiger partial charge in [-0.1, -0.05) is 12.1 Å². The molecule has 3 aromatic rings. The van der Waals surface area contributed by atoms with Gasteiger partial charge in [0.2, 0.25) is 0 Å². The Labute approximate surface area is 161 Å². The molecule has 8 heteroatoms. The summed E-state index contributed by atoms with van der Waals surface area (Å²) < 4.78 is 18.2. The number of carbonyl (C=O) groups excluding carboxylic acids is 2. The fourth-order valence-electron chi connectivity index (χ4n) is 2.81. The van der Waals surface area contributed by atoms with Crippen LogP contribution in [-0.2, 0) is 16.1 Å². The maximum absolute atomic E-state index is 13.3. The van der Waals surface area contributed by atoms with E-state index in [0.717, 1.165) is 0 Å². The highest BCUT2D eigenvalue weighted by atomic mass is 19.1. The highest BCUT2D eigenvalue weighted by Crippen LogP contribution is 2.19. The SMILES string of the molecule is CCOC(=O)CNc1ccccc1C(=O)N(C)Cc1nc2ccc(F)cc2[nH]1. The molecule has 0 bridgehead atoms. The molecule has 2 N–H and O–H groups in total. The lowest BCUT2D eigenvalue weighted by Crippen LogP contribution is -2.28. The van der Waals surface area contributed by atoms with Gasteiger partial charge in [-0.15, -0.1) is 0 Å². The van der Waals surface area contributed by atoms with Crippen molar-refractivity contribution in [2.45, 2.75) is 13.5 Å². The Morgan fingerprint density at radius 1 is 1.25 bits per heavy atom. The molecule has 0 aliphatic heterocycles. The number of anilines is 1. The Kier molecular flexibility index (Phi) is 5.88. The molecule has 0 aliphatic rings. The molecule has 1 heterocycles. The van der Waals surface area contributed by atoms with Crippen LogP contribution in [0.5, 0.6) is 0 Å². The van der Waals surface area contributed by atoms with Crippen LogP contribution < -0.4 is 5.32 Å². The molecule has 146 valence electrons. The number of para-hydroxylation sites is 1. The van der Waals surface area contributed by atoms with E-state index in [4.69, 9.17) is 4.74 Å². The van der Waals surface area contributed by atoms with Crippen LogP contribution in [0.4, 0.5) is 10.1 Å². The number of rotatable bonds is 7. The van der Waals surface area contributed by atoms with Crippen molar-refractivity contribution in [1.29, 1.82) is 0 Å². The third-order valence-corrected chi connectivity index (χ3v) is 4.11. The molecule has 7 nitrogen and oxygen atoms in total. The van der Waals surface area contributed by atoms with Crippen LogP contribution in [0.25, 0.3) is 11.0 Å². The molecule has 0 fully saturated rings. The standard InChI is InChI=1S/C20H21FN4O3/c1-3-28-19(26)11-22-15-7-5-4-6-14(15)20(27)25(2)12-18-23-16-9-8-13(21)10-17(16)24-18/h4-10,22H,3,11-12H2,1-2H3,(H,23,24). The molecule has 1 amide bonds. The van der Waals surface area contributed by atoms with E-state index in [1.807, 2.05) is 0 Å². The highest BCUT2D eigenvalue weighted by Gasteiger charge is 2.17. The zero-order valence-corrected chi connectivity index (χ0v) is 15.7. The number of fused-ring (bicyclic) bond motifs is 1. The van der Waals surface area contributed by atoms with Crippen molar-refractivity contribution in [1.82, 2.24) is 14.9 Å². The van der Waals surface area contributed by atoms with E-state index in [2.05, 4.69) is 15.3 Å². The number of ether oxygens (including phenoxy) is 1. The van der Waals surface area contributed by atoms with Crippen LogP contribution in [0.2, 0.25) is 0 Å². The molecule has 0 saturated heterocycles. The molecule has 0 saturated carbocycles. The number of nitrogens with one attached hydrogen (secondary N) is 2. The maximum atomic E-state index is 13.3. The Morgan fingerprint density at radius 2 is 2.04 bits per heavy atom. The summed E-state index contributed by atoms with van der Waals surface area (Å²) in [6, 6.07) is 11.2. The largest absolute Gasteiger partial charge is 0.465 e. The molecule has 0 spiro atoms. The lowest BCUT2D eigenvalue weighted by atomic mass is 10.1. The summed E-state index contributed by atoms with van der Waals surface area (Å²) in [5, 5.41) is 2.94. The zero-order chi connectivity index (χ0) is 20.1. The number of hydrogen-bond donors (Lipinski definition) is 2. The molecule has 1 aromatic heterocycles. The summed E-state index contributed by atoms with van der Waals surface area (Å²) in [7, 11) is 1.65. The van der Waals surface area contributed by atoms with E-state index in [1.54, 1.807) is 44.3 Å². The van der Waals surface area contributed by atoms with Gasteiger partial charge in [-0.05, 0) is 37.3 Å². The second-order valence-electron chi connectivity index (χ2n) is 6.21. The Morgan fingerprint density at radius 3 is 2.82 bits per heavy atom. The van der Waals surface area contributed by atoms with E-state index < -0.39 is 5.97 Å². The fraction of sp³-hybridized carbons (Fsp3) is 0.250. The van der Waals surface area contributed by atoms with Gasteiger partial charge in [0.15, 0.2) is 0 Å². The second kappa shape index (κ2) is 8.51. The Bertz CT molecular complexity index is 1000. The van der Waals surface area contributed by atoms with Crippen LogP contribution in [0.15, 0.2) is 42.5 Å². The van der Waals surface area contributed by atoms with Crippen molar-refractivity contribution in [3.05, 3.63) is 59.7 Å². The summed E-state index contributed by atoms with van der Waals surface area (Å²) in [5.74, 6) is -0.437. The van der Waals surface area contributed by atoms with Gasteiger partial charge in [0.25, 0.3) is 5.91 Å². The number of nitrogens with zero attached hydrogens (tertiary/aromatic N) is 2. The minimum atomic E-state index is -0.396. The van der Waals surface area contributed by atoms with Crippen LogP contribution in [0.1, 0.15) is 23.1 Å². The van der Waals surface area contributed by atoms with Crippen LogP contribution >= 0.6 is 0 Å². The van der Waals surface area contributed by atoms with Crippen molar-refractivity contribution < 1.29 is 18.7 Å². The van der Waals surface area contributed by atoms with Gasteiger partial charge in [0.1, 0.15) is 18.2 Å². The lowest BCUT2D eigenvalue weighted by Gasteiger charge is -2.18. The normalized spacial score (nSPS) is 10.7. The van der Waals surface area contributed by atoms with Crippen molar-refractivity contribution in [2.75, 3.05) is 25.5 Å². The van der Waals surface area contributed by atoms with Gasteiger partial charge < -0.3 is 19.9 Å². The van der Waals surface area contributed by atoms with Gasteiger partial charge in [-0.25, -0.2) is 9.37 Å².